The highest BCUT2D eigenvalue weighted by molar-refractivity contribution is 9.10. The molecule has 0 saturated heterocycles. The van der Waals surface area contributed by atoms with E-state index in [0.29, 0.717) is 6.04 Å². The topological polar surface area (TPSA) is 41.1 Å². The van der Waals surface area contributed by atoms with Crippen molar-refractivity contribution in [1.82, 2.24) is 14.9 Å². The Balaban J connectivity index is 2.64. The van der Waals surface area contributed by atoms with E-state index in [4.69, 9.17) is 0 Å². The molecule has 17 heavy (non-hydrogen) atoms. The Morgan fingerprint density at radius 2 is 2.12 bits per heavy atom. The van der Waals surface area contributed by atoms with Gasteiger partial charge in [-0.25, -0.2) is 9.97 Å². The summed E-state index contributed by atoms with van der Waals surface area (Å²) >= 11 is 3.42. The molecule has 1 unspecified atom stereocenters. The van der Waals surface area contributed by atoms with E-state index in [9.17, 15) is 0 Å². The lowest BCUT2D eigenvalue weighted by molar-refractivity contribution is 0.326. The molecule has 0 aromatic carbocycles. The molecule has 0 bridgehead atoms. The Morgan fingerprint density at radius 3 is 2.71 bits per heavy atom. The van der Waals surface area contributed by atoms with Gasteiger partial charge in [-0.3, -0.25) is 0 Å². The minimum absolute atomic E-state index is 0.471. The van der Waals surface area contributed by atoms with Crippen LogP contribution in [0.4, 0.5) is 5.82 Å². The van der Waals surface area contributed by atoms with Crippen LogP contribution in [0.25, 0.3) is 0 Å². The van der Waals surface area contributed by atoms with Crippen molar-refractivity contribution < 1.29 is 0 Å². The van der Waals surface area contributed by atoms with E-state index in [0.717, 1.165) is 35.6 Å². The Hall–Kier alpha value is -0.680. The van der Waals surface area contributed by atoms with Crippen LogP contribution in [0.1, 0.15) is 26.1 Å². The molecule has 0 spiro atoms. The van der Waals surface area contributed by atoms with E-state index >= 15 is 0 Å². The molecule has 1 atom stereocenters. The van der Waals surface area contributed by atoms with Crippen LogP contribution < -0.4 is 5.32 Å². The molecule has 96 valence electrons. The van der Waals surface area contributed by atoms with Crippen molar-refractivity contribution in [2.45, 2.75) is 32.7 Å². The molecule has 5 heteroatoms. The van der Waals surface area contributed by atoms with Gasteiger partial charge >= 0.3 is 0 Å². The fraction of sp³-hybridized carbons (Fsp3) is 0.667. The summed E-state index contributed by atoms with van der Waals surface area (Å²) in [6, 6.07) is 2.39. The smallest absolute Gasteiger partial charge is 0.132 e. The van der Waals surface area contributed by atoms with Gasteiger partial charge in [0.2, 0.25) is 0 Å². The standard InChI is InChI=1S/C12H21BrN4/c1-5-6-11-15-10(13)7-12(16-11)14-8-9(2)17(3)4/h7,9H,5-6,8H2,1-4H3,(H,14,15,16). The van der Waals surface area contributed by atoms with E-state index in [-0.39, 0.29) is 0 Å². The van der Waals surface area contributed by atoms with Gasteiger partial charge in [-0.05, 0) is 43.4 Å². The lowest BCUT2D eigenvalue weighted by atomic mass is 10.3. The van der Waals surface area contributed by atoms with Crippen LogP contribution >= 0.6 is 15.9 Å². The van der Waals surface area contributed by atoms with Crippen LogP contribution in [0.3, 0.4) is 0 Å². The van der Waals surface area contributed by atoms with Gasteiger partial charge in [0, 0.05) is 25.1 Å². The molecule has 1 aromatic heterocycles. The Bertz CT molecular complexity index is 354. The molecule has 1 N–H and O–H groups in total. The third kappa shape index (κ3) is 5.00. The fourth-order valence-electron chi connectivity index (χ4n) is 1.33. The van der Waals surface area contributed by atoms with Crippen LogP contribution in [0.15, 0.2) is 10.7 Å². The van der Waals surface area contributed by atoms with Crippen LogP contribution in [-0.4, -0.2) is 41.5 Å². The molecule has 0 amide bonds. The number of nitrogens with one attached hydrogen (secondary N) is 1. The summed E-state index contributed by atoms with van der Waals surface area (Å²) < 4.78 is 0.843. The molecular formula is C12H21BrN4. The van der Waals surface area contributed by atoms with Gasteiger partial charge in [0.05, 0.1) is 0 Å². The molecule has 1 rings (SSSR count). The summed E-state index contributed by atoms with van der Waals surface area (Å²) in [5.41, 5.74) is 0. The highest BCUT2D eigenvalue weighted by Crippen LogP contribution is 2.13. The van der Waals surface area contributed by atoms with Crippen LogP contribution in [-0.2, 0) is 6.42 Å². The zero-order valence-corrected chi connectivity index (χ0v) is 12.6. The molecule has 0 radical (unpaired) electrons. The van der Waals surface area contributed by atoms with Crippen molar-refractivity contribution >= 4 is 21.7 Å². The largest absolute Gasteiger partial charge is 0.368 e. The first kappa shape index (κ1) is 14.4. The van der Waals surface area contributed by atoms with Gasteiger partial charge in [-0.1, -0.05) is 6.92 Å². The van der Waals surface area contributed by atoms with Gasteiger partial charge < -0.3 is 10.2 Å². The number of hydrogen-bond acceptors (Lipinski definition) is 4. The number of halogens is 1. The first-order valence-electron chi connectivity index (χ1n) is 5.96. The zero-order chi connectivity index (χ0) is 12.8. The molecular weight excluding hydrogens is 280 g/mol. The fourth-order valence-corrected chi connectivity index (χ4v) is 1.75. The lowest BCUT2D eigenvalue weighted by Crippen LogP contribution is -2.31. The molecule has 0 aliphatic heterocycles. The Labute approximate surface area is 112 Å². The number of aryl methyl sites for hydroxylation is 1. The molecule has 4 nitrogen and oxygen atoms in total. The quantitative estimate of drug-likeness (QED) is 0.820. The van der Waals surface area contributed by atoms with Gasteiger partial charge in [-0.15, -0.1) is 0 Å². The maximum Gasteiger partial charge on any atom is 0.132 e. The van der Waals surface area contributed by atoms with E-state index in [2.05, 4.69) is 64.1 Å². The number of anilines is 1. The minimum atomic E-state index is 0.471. The van der Waals surface area contributed by atoms with E-state index < -0.39 is 0 Å². The molecule has 0 fully saturated rings. The van der Waals surface area contributed by atoms with E-state index in [1.165, 1.54) is 0 Å². The molecule has 0 saturated carbocycles. The summed E-state index contributed by atoms with van der Waals surface area (Å²) in [6.07, 6.45) is 1.97. The van der Waals surface area contributed by atoms with Gasteiger partial charge in [0.15, 0.2) is 0 Å². The summed E-state index contributed by atoms with van der Waals surface area (Å²) in [6.45, 7) is 5.18. The van der Waals surface area contributed by atoms with Gasteiger partial charge in [0.1, 0.15) is 16.2 Å². The van der Waals surface area contributed by atoms with Crippen molar-refractivity contribution in [2.75, 3.05) is 26.0 Å². The van der Waals surface area contributed by atoms with Crippen molar-refractivity contribution in [1.29, 1.82) is 0 Å². The highest BCUT2D eigenvalue weighted by atomic mass is 79.9. The number of rotatable bonds is 6. The number of aromatic nitrogens is 2. The van der Waals surface area contributed by atoms with Crippen molar-refractivity contribution in [3.63, 3.8) is 0 Å². The normalized spacial score (nSPS) is 12.8. The first-order valence-corrected chi connectivity index (χ1v) is 6.76. The Morgan fingerprint density at radius 1 is 1.41 bits per heavy atom. The lowest BCUT2D eigenvalue weighted by Gasteiger charge is -2.20. The average Bonchev–Trinajstić information content (AvgIpc) is 2.25. The summed E-state index contributed by atoms with van der Waals surface area (Å²) in [7, 11) is 4.15. The second kappa shape index (κ2) is 6.91. The second-order valence-corrected chi connectivity index (χ2v) is 5.25. The average molecular weight is 301 g/mol. The minimum Gasteiger partial charge on any atom is -0.368 e. The maximum atomic E-state index is 4.48. The second-order valence-electron chi connectivity index (χ2n) is 4.44. The third-order valence-electron chi connectivity index (χ3n) is 2.67. The van der Waals surface area contributed by atoms with E-state index in [1.807, 2.05) is 6.07 Å². The molecule has 1 aromatic rings. The first-order chi connectivity index (χ1) is 8.02. The predicted molar refractivity (Wildman–Crippen MR) is 75.4 cm³/mol. The summed E-state index contributed by atoms with van der Waals surface area (Å²) in [5.74, 6) is 1.78. The van der Waals surface area contributed by atoms with E-state index in [1.54, 1.807) is 0 Å². The van der Waals surface area contributed by atoms with Gasteiger partial charge in [-0.2, -0.15) is 0 Å². The zero-order valence-electron chi connectivity index (χ0n) is 11.0. The van der Waals surface area contributed by atoms with Gasteiger partial charge in [0.25, 0.3) is 0 Å². The summed E-state index contributed by atoms with van der Waals surface area (Å²) in [5, 5.41) is 3.34. The maximum absolute atomic E-state index is 4.48. The Kier molecular flexibility index (Phi) is 5.85. The van der Waals surface area contributed by atoms with Crippen LogP contribution in [0.5, 0.6) is 0 Å². The highest BCUT2D eigenvalue weighted by Gasteiger charge is 2.06. The molecule has 0 aliphatic rings. The molecule has 1 heterocycles. The molecule has 0 aliphatic carbocycles. The SMILES string of the molecule is CCCc1nc(Br)cc(NCC(C)N(C)C)n1. The third-order valence-corrected chi connectivity index (χ3v) is 3.08. The van der Waals surface area contributed by atoms with Crippen LogP contribution in [0, 0.1) is 0 Å². The van der Waals surface area contributed by atoms with Crippen molar-refractivity contribution in [2.24, 2.45) is 0 Å². The predicted octanol–water partition coefficient (Wildman–Crippen LogP) is 2.55. The number of likely N-dealkylation sites (N-methyl/N-ethyl adjacent to an activating group) is 1. The number of hydrogen-bond donors (Lipinski definition) is 1. The number of nitrogens with zero attached hydrogens (tertiary/aromatic N) is 3. The van der Waals surface area contributed by atoms with Crippen molar-refractivity contribution in [3.8, 4) is 0 Å². The summed E-state index contributed by atoms with van der Waals surface area (Å²) in [4.78, 5) is 11.0. The van der Waals surface area contributed by atoms with Crippen molar-refractivity contribution in [3.05, 3.63) is 16.5 Å². The van der Waals surface area contributed by atoms with Crippen LogP contribution in [0.2, 0.25) is 0 Å². The monoisotopic (exact) mass is 300 g/mol.